The average Bonchev–Trinajstić information content (AvgIpc) is 2.44. The Kier molecular flexibility index (Phi) is 6.40. The summed E-state index contributed by atoms with van der Waals surface area (Å²) in [6.45, 7) is 9.93. The normalized spacial score (nSPS) is 13.9. The summed E-state index contributed by atoms with van der Waals surface area (Å²) >= 11 is 0. The van der Waals surface area contributed by atoms with E-state index in [9.17, 15) is 9.59 Å². The van der Waals surface area contributed by atoms with E-state index in [4.69, 9.17) is 0 Å². The molecule has 4 heteroatoms. The number of carbonyl (C=O) groups is 2. The number of nitrogens with one attached hydrogen (secondary N) is 2. The molecule has 0 bridgehead atoms. The maximum Gasteiger partial charge on any atom is 0.251 e. The van der Waals surface area contributed by atoms with Crippen LogP contribution in [0.3, 0.4) is 0 Å². The van der Waals surface area contributed by atoms with Crippen molar-refractivity contribution in [2.45, 2.75) is 46.7 Å². The van der Waals surface area contributed by atoms with Crippen molar-refractivity contribution in [1.29, 1.82) is 0 Å². The van der Waals surface area contributed by atoms with Gasteiger partial charge in [-0.05, 0) is 30.9 Å². The molecule has 0 aliphatic heterocycles. The maximum atomic E-state index is 12.3. The van der Waals surface area contributed by atoms with Crippen LogP contribution in [-0.4, -0.2) is 23.9 Å². The quantitative estimate of drug-likeness (QED) is 0.846. The molecule has 116 valence electrons. The summed E-state index contributed by atoms with van der Waals surface area (Å²) in [5, 5.41) is 5.79. The zero-order valence-electron chi connectivity index (χ0n) is 13.5. The summed E-state index contributed by atoms with van der Waals surface area (Å²) < 4.78 is 0. The first kappa shape index (κ1) is 17.2. The third-order valence-electron chi connectivity index (χ3n) is 3.64. The standard InChI is InChI=1S/C17H26N2O2/c1-11(2)13(5)18-17(21)15(12(3)4)19-16(20)14-9-7-6-8-10-14/h6-13,15H,1-5H3,(H,18,21)(H,19,20). The predicted octanol–water partition coefficient (Wildman–Crippen LogP) is 2.60. The van der Waals surface area contributed by atoms with Gasteiger partial charge in [-0.3, -0.25) is 9.59 Å². The third kappa shape index (κ3) is 5.21. The van der Waals surface area contributed by atoms with Crippen molar-refractivity contribution in [3.8, 4) is 0 Å². The molecule has 1 aromatic rings. The van der Waals surface area contributed by atoms with Crippen LogP contribution >= 0.6 is 0 Å². The first-order valence-corrected chi connectivity index (χ1v) is 7.49. The Bertz CT molecular complexity index is 469. The van der Waals surface area contributed by atoms with Crippen LogP contribution in [0.5, 0.6) is 0 Å². The monoisotopic (exact) mass is 290 g/mol. The molecule has 0 radical (unpaired) electrons. The van der Waals surface area contributed by atoms with E-state index in [1.165, 1.54) is 0 Å². The minimum absolute atomic E-state index is 0.0250. The number of benzene rings is 1. The first-order valence-electron chi connectivity index (χ1n) is 7.49. The molecule has 0 saturated heterocycles. The summed E-state index contributed by atoms with van der Waals surface area (Å²) in [4.78, 5) is 24.5. The van der Waals surface area contributed by atoms with E-state index in [1.807, 2.05) is 26.8 Å². The SMILES string of the molecule is CC(C)C(C)NC(=O)C(NC(=O)c1ccccc1)C(C)C. The van der Waals surface area contributed by atoms with E-state index in [-0.39, 0.29) is 23.8 Å². The zero-order valence-corrected chi connectivity index (χ0v) is 13.5. The second kappa shape index (κ2) is 7.81. The molecule has 0 spiro atoms. The zero-order chi connectivity index (χ0) is 16.0. The van der Waals surface area contributed by atoms with Crippen molar-refractivity contribution >= 4 is 11.8 Å². The molecule has 0 aliphatic carbocycles. The molecular formula is C17H26N2O2. The summed E-state index contributed by atoms with van der Waals surface area (Å²) in [5.74, 6) is 0.0285. The van der Waals surface area contributed by atoms with Crippen LogP contribution in [0.1, 0.15) is 45.0 Å². The highest BCUT2D eigenvalue weighted by molar-refractivity contribution is 5.97. The van der Waals surface area contributed by atoms with Gasteiger partial charge >= 0.3 is 0 Å². The topological polar surface area (TPSA) is 58.2 Å². The van der Waals surface area contributed by atoms with Crippen LogP contribution in [0.25, 0.3) is 0 Å². The number of hydrogen-bond donors (Lipinski definition) is 2. The van der Waals surface area contributed by atoms with Crippen LogP contribution in [0.15, 0.2) is 30.3 Å². The van der Waals surface area contributed by atoms with Gasteiger partial charge in [0, 0.05) is 11.6 Å². The fraction of sp³-hybridized carbons (Fsp3) is 0.529. The molecule has 2 N–H and O–H groups in total. The van der Waals surface area contributed by atoms with Crippen molar-refractivity contribution < 1.29 is 9.59 Å². The average molecular weight is 290 g/mol. The maximum absolute atomic E-state index is 12.3. The van der Waals surface area contributed by atoms with E-state index < -0.39 is 6.04 Å². The number of amides is 2. The van der Waals surface area contributed by atoms with Crippen LogP contribution in [-0.2, 0) is 4.79 Å². The lowest BCUT2D eigenvalue weighted by Gasteiger charge is -2.25. The van der Waals surface area contributed by atoms with Crippen LogP contribution < -0.4 is 10.6 Å². The van der Waals surface area contributed by atoms with Gasteiger partial charge in [-0.15, -0.1) is 0 Å². The second-order valence-corrected chi connectivity index (χ2v) is 6.10. The highest BCUT2D eigenvalue weighted by atomic mass is 16.2. The van der Waals surface area contributed by atoms with Crippen molar-refractivity contribution in [2.75, 3.05) is 0 Å². The molecule has 21 heavy (non-hydrogen) atoms. The fourth-order valence-electron chi connectivity index (χ4n) is 1.83. The number of hydrogen-bond acceptors (Lipinski definition) is 2. The molecular weight excluding hydrogens is 264 g/mol. The Balaban J connectivity index is 2.74. The Morgan fingerprint density at radius 1 is 0.857 bits per heavy atom. The molecule has 1 rings (SSSR count). The summed E-state index contributed by atoms with van der Waals surface area (Å²) in [6, 6.07) is 8.49. The molecule has 0 saturated carbocycles. The Morgan fingerprint density at radius 2 is 1.43 bits per heavy atom. The van der Waals surface area contributed by atoms with Crippen molar-refractivity contribution in [3.05, 3.63) is 35.9 Å². The number of carbonyl (C=O) groups excluding carboxylic acids is 2. The fourth-order valence-corrected chi connectivity index (χ4v) is 1.83. The largest absolute Gasteiger partial charge is 0.352 e. The minimum atomic E-state index is -0.529. The Labute approximate surface area is 127 Å². The highest BCUT2D eigenvalue weighted by Gasteiger charge is 2.26. The first-order chi connectivity index (χ1) is 9.82. The lowest BCUT2D eigenvalue weighted by Crippen LogP contribution is -2.52. The predicted molar refractivity (Wildman–Crippen MR) is 85.0 cm³/mol. The molecule has 2 atom stereocenters. The minimum Gasteiger partial charge on any atom is -0.352 e. The van der Waals surface area contributed by atoms with E-state index in [1.54, 1.807) is 24.3 Å². The summed E-state index contributed by atoms with van der Waals surface area (Å²) in [6.07, 6.45) is 0. The van der Waals surface area contributed by atoms with Gasteiger partial charge < -0.3 is 10.6 Å². The van der Waals surface area contributed by atoms with E-state index in [2.05, 4.69) is 24.5 Å². The van der Waals surface area contributed by atoms with Gasteiger partial charge in [-0.2, -0.15) is 0 Å². The molecule has 0 heterocycles. The van der Waals surface area contributed by atoms with Gasteiger partial charge in [0.15, 0.2) is 0 Å². The van der Waals surface area contributed by atoms with Crippen LogP contribution in [0.2, 0.25) is 0 Å². The van der Waals surface area contributed by atoms with Gasteiger partial charge in [-0.25, -0.2) is 0 Å². The lowest BCUT2D eigenvalue weighted by atomic mass is 10.0. The number of rotatable bonds is 6. The molecule has 0 aromatic heterocycles. The molecule has 4 nitrogen and oxygen atoms in total. The van der Waals surface area contributed by atoms with Gasteiger partial charge in [0.25, 0.3) is 5.91 Å². The Morgan fingerprint density at radius 3 is 1.90 bits per heavy atom. The smallest absolute Gasteiger partial charge is 0.251 e. The summed E-state index contributed by atoms with van der Waals surface area (Å²) in [5.41, 5.74) is 0.563. The highest BCUT2D eigenvalue weighted by Crippen LogP contribution is 2.07. The summed E-state index contributed by atoms with van der Waals surface area (Å²) in [7, 11) is 0. The van der Waals surface area contributed by atoms with Gasteiger partial charge in [0.1, 0.15) is 6.04 Å². The molecule has 1 aromatic carbocycles. The molecule has 0 aliphatic rings. The third-order valence-corrected chi connectivity index (χ3v) is 3.64. The van der Waals surface area contributed by atoms with Gasteiger partial charge in [0.05, 0.1) is 0 Å². The van der Waals surface area contributed by atoms with Crippen LogP contribution in [0.4, 0.5) is 0 Å². The van der Waals surface area contributed by atoms with E-state index in [0.717, 1.165) is 0 Å². The van der Waals surface area contributed by atoms with Gasteiger partial charge in [0.2, 0.25) is 5.91 Å². The van der Waals surface area contributed by atoms with Crippen LogP contribution in [0, 0.1) is 11.8 Å². The van der Waals surface area contributed by atoms with E-state index in [0.29, 0.717) is 11.5 Å². The lowest BCUT2D eigenvalue weighted by molar-refractivity contribution is -0.124. The van der Waals surface area contributed by atoms with Crippen molar-refractivity contribution in [1.82, 2.24) is 10.6 Å². The van der Waals surface area contributed by atoms with Crippen molar-refractivity contribution in [3.63, 3.8) is 0 Å². The molecule has 2 unspecified atom stereocenters. The second-order valence-electron chi connectivity index (χ2n) is 6.10. The molecule has 2 amide bonds. The molecule has 0 fully saturated rings. The Hall–Kier alpha value is -1.84. The van der Waals surface area contributed by atoms with Crippen molar-refractivity contribution in [2.24, 2.45) is 11.8 Å². The van der Waals surface area contributed by atoms with Gasteiger partial charge in [-0.1, -0.05) is 45.9 Å². The van der Waals surface area contributed by atoms with E-state index >= 15 is 0 Å².